The SMILES string of the molecule is COc1cc(C=Nn2c(-c3cc4cc(Br)ccc4o3)nc3ccccc3c2=O)cc(OC)c1OCC(=O)Nc1ccccc1C. The number of fused-ring (bicyclic) bond motifs is 2. The summed E-state index contributed by atoms with van der Waals surface area (Å²) in [6, 6.07) is 25.3. The van der Waals surface area contributed by atoms with Crippen LogP contribution in [0, 0.1) is 6.92 Å². The van der Waals surface area contributed by atoms with E-state index >= 15 is 0 Å². The van der Waals surface area contributed by atoms with E-state index in [9.17, 15) is 9.59 Å². The van der Waals surface area contributed by atoms with Gasteiger partial charge in [-0.15, -0.1) is 0 Å². The lowest BCUT2D eigenvalue weighted by Crippen LogP contribution is -2.21. The molecule has 0 aliphatic carbocycles. The summed E-state index contributed by atoms with van der Waals surface area (Å²) in [4.78, 5) is 31.0. The summed E-state index contributed by atoms with van der Waals surface area (Å²) < 4.78 is 25.2. The number of amides is 1. The van der Waals surface area contributed by atoms with Gasteiger partial charge in [-0.1, -0.05) is 46.3 Å². The van der Waals surface area contributed by atoms with E-state index in [1.807, 2.05) is 61.5 Å². The number of para-hydroxylation sites is 2. The molecule has 0 bridgehead atoms. The van der Waals surface area contributed by atoms with E-state index in [2.05, 4.69) is 26.3 Å². The molecule has 0 aliphatic rings. The largest absolute Gasteiger partial charge is 0.493 e. The molecule has 0 atom stereocenters. The highest BCUT2D eigenvalue weighted by Gasteiger charge is 2.18. The van der Waals surface area contributed by atoms with Gasteiger partial charge in [-0.3, -0.25) is 9.59 Å². The normalized spacial score (nSPS) is 11.3. The Bertz CT molecular complexity index is 2130. The Morgan fingerprint density at radius 3 is 2.49 bits per heavy atom. The molecule has 0 fully saturated rings. The number of nitrogens with zero attached hydrogens (tertiary/aromatic N) is 3. The average Bonchev–Trinajstić information content (AvgIpc) is 3.47. The van der Waals surface area contributed by atoms with Gasteiger partial charge in [-0.05, 0) is 67.1 Å². The Balaban J connectivity index is 1.34. The Hall–Kier alpha value is -5.42. The molecule has 6 rings (SSSR count). The van der Waals surface area contributed by atoms with Crippen molar-refractivity contribution in [2.24, 2.45) is 5.10 Å². The first-order chi connectivity index (χ1) is 21.8. The van der Waals surface area contributed by atoms with Crippen LogP contribution in [0.4, 0.5) is 5.69 Å². The predicted molar refractivity (Wildman–Crippen MR) is 177 cm³/mol. The van der Waals surface area contributed by atoms with Gasteiger partial charge in [0.05, 0.1) is 31.3 Å². The first-order valence-corrected chi connectivity index (χ1v) is 14.6. The van der Waals surface area contributed by atoms with Gasteiger partial charge in [0.25, 0.3) is 11.5 Å². The van der Waals surface area contributed by atoms with Crippen molar-refractivity contribution in [3.05, 3.63) is 111 Å². The number of methoxy groups -OCH3 is 2. The number of aryl methyl sites for hydroxylation is 1. The molecule has 0 radical (unpaired) electrons. The van der Waals surface area contributed by atoms with Crippen LogP contribution >= 0.6 is 15.9 Å². The van der Waals surface area contributed by atoms with Crippen molar-refractivity contribution in [2.45, 2.75) is 6.92 Å². The van der Waals surface area contributed by atoms with Gasteiger partial charge in [-0.2, -0.15) is 9.78 Å². The first kappa shape index (κ1) is 29.6. The topological polar surface area (TPSA) is 117 Å². The number of carbonyl (C=O) groups excluding carboxylic acids is 1. The molecular weight excluding hydrogens is 640 g/mol. The number of ether oxygens (including phenoxy) is 3. The number of rotatable bonds is 9. The number of furan rings is 1. The molecule has 226 valence electrons. The number of benzene rings is 4. The molecule has 0 unspecified atom stereocenters. The van der Waals surface area contributed by atoms with Crippen LogP contribution in [0.1, 0.15) is 11.1 Å². The van der Waals surface area contributed by atoms with Gasteiger partial charge in [0.2, 0.25) is 11.6 Å². The number of halogens is 1. The zero-order valence-electron chi connectivity index (χ0n) is 24.5. The minimum atomic E-state index is -0.368. The van der Waals surface area contributed by atoms with Gasteiger partial charge in [-0.25, -0.2) is 4.98 Å². The fourth-order valence-corrected chi connectivity index (χ4v) is 5.17. The molecule has 1 amide bonds. The third-order valence-corrected chi connectivity index (χ3v) is 7.52. The van der Waals surface area contributed by atoms with Gasteiger partial charge in [0.15, 0.2) is 23.9 Å². The van der Waals surface area contributed by atoms with Crippen molar-refractivity contribution in [1.82, 2.24) is 9.66 Å². The third-order valence-electron chi connectivity index (χ3n) is 7.02. The highest BCUT2D eigenvalue weighted by atomic mass is 79.9. The maximum atomic E-state index is 13.7. The molecule has 6 aromatic rings. The maximum absolute atomic E-state index is 13.7. The van der Waals surface area contributed by atoms with E-state index in [4.69, 9.17) is 23.6 Å². The van der Waals surface area contributed by atoms with Crippen LogP contribution in [-0.2, 0) is 4.79 Å². The summed E-state index contributed by atoms with van der Waals surface area (Å²) in [5, 5.41) is 8.61. The molecular formula is C34H27BrN4O6. The van der Waals surface area contributed by atoms with Crippen molar-refractivity contribution < 1.29 is 23.4 Å². The highest BCUT2D eigenvalue weighted by molar-refractivity contribution is 9.10. The molecule has 0 spiro atoms. The van der Waals surface area contributed by atoms with Crippen molar-refractivity contribution in [3.8, 4) is 28.8 Å². The number of carbonyl (C=O) groups is 1. The van der Waals surface area contributed by atoms with E-state index in [0.29, 0.717) is 45.0 Å². The van der Waals surface area contributed by atoms with Crippen LogP contribution in [0.15, 0.2) is 104 Å². The van der Waals surface area contributed by atoms with Crippen LogP contribution in [0.2, 0.25) is 0 Å². The predicted octanol–water partition coefficient (Wildman–Crippen LogP) is 6.80. The fraction of sp³-hybridized carbons (Fsp3) is 0.118. The van der Waals surface area contributed by atoms with Crippen LogP contribution < -0.4 is 25.1 Å². The lowest BCUT2D eigenvalue weighted by Gasteiger charge is -2.15. The molecule has 4 aromatic carbocycles. The number of aromatic nitrogens is 2. The second kappa shape index (κ2) is 12.7. The molecule has 0 saturated heterocycles. The van der Waals surface area contributed by atoms with Gasteiger partial charge in [0.1, 0.15) is 5.58 Å². The standard InChI is InChI=1S/C34H27BrN4O6/c1-20-8-4-6-10-25(20)37-31(40)19-44-32-28(42-2)14-21(15-29(32)43-3)18-36-39-33(38-26-11-7-5-9-24(26)34(39)41)30-17-22-16-23(35)12-13-27(22)45-30/h4-18H,19H2,1-3H3,(H,37,40). The van der Waals surface area contributed by atoms with E-state index in [1.165, 1.54) is 25.1 Å². The summed E-state index contributed by atoms with van der Waals surface area (Å²) in [6.07, 6.45) is 1.49. The van der Waals surface area contributed by atoms with Crippen molar-refractivity contribution >= 4 is 55.6 Å². The Kier molecular flexibility index (Phi) is 8.35. The summed E-state index contributed by atoms with van der Waals surface area (Å²) in [6.45, 7) is 1.63. The Morgan fingerprint density at radius 2 is 1.73 bits per heavy atom. The molecule has 0 aliphatic heterocycles. The lowest BCUT2D eigenvalue weighted by molar-refractivity contribution is -0.118. The summed E-state index contributed by atoms with van der Waals surface area (Å²) in [7, 11) is 2.96. The van der Waals surface area contributed by atoms with Gasteiger partial charge < -0.3 is 23.9 Å². The number of hydrogen-bond acceptors (Lipinski definition) is 8. The number of hydrogen-bond donors (Lipinski definition) is 1. The summed E-state index contributed by atoms with van der Waals surface area (Å²) in [5.41, 5.74) is 2.96. The average molecular weight is 668 g/mol. The Labute approximate surface area is 266 Å². The summed E-state index contributed by atoms with van der Waals surface area (Å²) in [5.74, 6) is 1.15. The zero-order valence-corrected chi connectivity index (χ0v) is 26.1. The first-order valence-electron chi connectivity index (χ1n) is 13.8. The van der Waals surface area contributed by atoms with E-state index < -0.39 is 0 Å². The molecule has 0 saturated carbocycles. The van der Waals surface area contributed by atoms with Crippen LogP contribution in [0.5, 0.6) is 17.2 Å². The molecule has 2 heterocycles. The third kappa shape index (κ3) is 6.16. The zero-order chi connectivity index (χ0) is 31.5. The van der Waals surface area contributed by atoms with Crippen molar-refractivity contribution in [1.29, 1.82) is 0 Å². The smallest absolute Gasteiger partial charge is 0.282 e. The second-order valence-corrected chi connectivity index (χ2v) is 10.9. The van der Waals surface area contributed by atoms with Crippen molar-refractivity contribution in [3.63, 3.8) is 0 Å². The number of anilines is 1. The number of nitrogens with one attached hydrogen (secondary N) is 1. The van der Waals surface area contributed by atoms with Crippen molar-refractivity contribution in [2.75, 3.05) is 26.1 Å². The van der Waals surface area contributed by atoms with Crippen LogP contribution in [-0.4, -0.2) is 42.6 Å². The van der Waals surface area contributed by atoms with Gasteiger partial charge in [0, 0.05) is 21.1 Å². The van der Waals surface area contributed by atoms with Crippen LogP contribution in [0.3, 0.4) is 0 Å². The van der Waals surface area contributed by atoms with Crippen LogP contribution in [0.25, 0.3) is 33.5 Å². The molecule has 2 aromatic heterocycles. The lowest BCUT2D eigenvalue weighted by atomic mass is 10.2. The Morgan fingerprint density at radius 1 is 1.00 bits per heavy atom. The summed E-state index contributed by atoms with van der Waals surface area (Å²) >= 11 is 3.48. The van der Waals surface area contributed by atoms with E-state index in [1.54, 1.807) is 30.3 Å². The quantitative estimate of drug-likeness (QED) is 0.169. The molecule has 11 heteroatoms. The van der Waals surface area contributed by atoms with E-state index in [-0.39, 0.29) is 29.6 Å². The van der Waals surface area contributed by atoms with Gasteiger partial charge >= 0.3 is 0 Å². The molecule has 45 heavy (non-hydrogen) atoms. The minimum Gasteiger partial charge on any atom is -0.493 e. The molecule has 1 N–H and O–H groups in total. The minimum absolute atomic E-state index is 0.237. The van der Waals surface area contributed by atoms with E-state index in [0.717, 1.165) is 15.4 Å². The monoisotopic (exact) mass is 666 g/mol. The second-order valence-electron chi connectivity index (χ2n) is 10.0. The highest BCUT2D eigenvalue weighted by Crippen LogP contribution is 2.38. The molecule has 10 nitrogen and oxygen atoms in total. The fourth-order valence-electron chi connectivity index (χ4n) is 4.79. The maximum Gasteiger partial charge on any atom is 0.282 e.